The first-order valence-electron chi connectivity index (χ1n) is 16.9. The summed E-state index contributed by atoms with van der Waals surface area (Å²) >= 11 is 0. The molecule has 4 aromatic carbocycles. The van der Waals surface area contributed by atoms with Gasteiger partial charge in [-0.3, -0.25) is 0 Å². The maximum atomic E-state index is 11.4. The number of hydrogen-bond acceptors (Lipinski definition) is 6. The lowest BCUT2D eigenvalue weighted by molar-refractivity contribution is -0.132. The normalized spacial score (nSPS) is 11.3. The Morgan fingerprint density at radius 1 is 0.780 bits per heavy atom. The number of aldehydes is 1. The molecular weight excluding hydrogens is 624 g/mol. The van der Waals surface area contributed by atoms with Crippen molar-refractivity contribution >= 4 is 47.5 Å². The Bertz CT molecular complexity index is 1680. The fourth-order valence-corrected chi connectivity index (χ4v) is 4.77. The highest BCUT2D eigenvalue weighted by Gasteiger charge is 2.12. The van der Waals surface area contributed by atoms with Crippen molar-refractivity contribution in [1.82, 2.24) is 0 Å². The molecule has 0 atom stereocenters. The molecule has 7 heteroatoms. The molecule has 0 saturated carbocycles. The molecule has 1 N–H and O–H groups in total. The molecule has 0 unspecified atom stereocenters. The predicted octanol–water partition coefficient (Wildman–Crippen LogP) is 10.7. The number of para-hydroxylation sites is 2. The number of aliphatic carboxylic acids is 1. The molecule has 4 aromatic rings. The lowest BCUT2D eigenvalue weighted by atomic mass is 10.1. The SMILES string of the molecule is COC(C)(C)C.N#C/C(=C/c1ccc(/C=C/c2ccc(N(c3ccccc3)c3ccccc3)cc2)cc1OCCCCCCCC=O)C(=O)O. The monoisotopic (exact) mass is 672 g/mol. The quantitative estimate of drug-likeness (QED) is 0.0416. The maximum Gasteiger partial charge on any atom is 0.346 e. The fraction of sp³-hybridized carbons (Fsp3) is 0.279. The molecule has 260 valence electrons. The van der Waals surface area contributed by atoms with Crippen LogP contribution in [0.15, 0.2) is 109 Å². The summed E-state index contributed by atoms with van der Waals surface area (Å²) < 4.78 is 11.0. The van der Waals surface area contributed by atoms with E-state index in [0.717, 1.165) is 66.6 Å². The Morgan fingerprint density at radius 2 is 1.30 bits per heavy atom. The maximum absolute atomic E-state index is 11.4. The van der Waals surface area contributed by atoms with E-state index in [2.05, 4.69) is 53.4 Å². The standard InChI is InChI=1S/C38H36N2O4.C5H12O/c39-29-33(38(42)43)28-32-22-19-31(27-37(32)44-26-12-4-2-1-3-11-25-41)18-17-30-20-23-36(24-21-30)40(34-13-7-5-8-14-34)35-15-9-6-10-16-35;1-5(2,3)6-4/h5-10,13-25,27-28H,1-4,11-12,26H2,(H,42,43);1-4H3/b18-17+,33-28-;. The Labute approximate surface area is 297 Å². The number of carbonyl (C=O) groups is 2. The van der Waals surface area contributed by atoms with Crippen LogP contribution in [0.2, 0.25) is 0 Å². The highest BCUT2D eigenvalue weighted by molar-refractivity contribution is 5.97. The fourth-order valence-electron chi connectivity index (χ4n) is 4.77. The molecule has 0 radical (unpaired) electrons. The molecule has 0 amide bonds. The molecule has 0 spiro atoms. The van der Waals surface area contributed by atoms with Crippen LogP contribution in [-0.4, -0.2) is 36.7 Å². The number of anilines is 3. The van der Waals surface area contributed by atoms with Crippen molar-refractivity contribution in [3.63, 3.8) is 0 Å². The van der Waals surface area contributed by atoms with E-state index in [9.17, 15) is 20.0 Å². The van der Waals surface area contributed by atoms with Crippen LogP contribution in [0.25, 0.3) is 18.2 Å². The molecule has 0 aromatic heterocycles. The molecule has 0 aliphatic heterocycles. The summed E-state index contributed by atoms with van der Waals surface area (Å²) in [4.78, 5) is 24.1. The van der Waals surface area contributed by atoms with Crippen molar-refractivity contribution in [3.05, 3.63) is 125 Å². The third-order valence-electron chi connectivity index (χ3n) is 7.67. The lowest BCUT2D eigenvalue weighted by Crippen LogP contribution is -2.15. The first-order chi connectivity index (χ1) is 24.1. The average molecular weight is 673 g/mol. The van der Waals surface area contributed by atoms with Crippen molar-refractivity contribution in [2.24, 2.45) is 0 Å². The smallest absolute Gasteiger partial charge is 0.346 e. The van der Waals surface area contributed by atoms with Crippen molar-refractivity contribution in [2.75, 3.05) is 18.6 Å². The molecule has 0 aliphatic rings. The van der Waals surface area contributed by atoms with Crippen LogP contribution in [-0.2, 0) is 14.3 Å². The Balaban J connectivity index is 0.00000103. The van der Waals surface area contributed by atoms with Crippen LogP contribution in [0.1, 0.15) is 76.0 Å². The lowest BCUT2D eigenvalue weighted by Gasteiger charge is -2.25. The van der Waals surface area contributed by atoms with Gasteiger partial charge in [-0.2, -0.15) is 5.26 Å². The van der Waals surface area contributed by atoms with Crippen LogP contribution in [0.4, 0.5) is 17.1 Å². The van der Waals surface area contributed by atoms with Gasteiger partial charge in [0.1, 0.15) is 23.7 Å². The van der Waals surface area contributed by atoms with Gasteiger partial charge in [-0.25, -0.2) is 4.79 Å². The number of carboxylic acid groups (broad SMARTS) is 1. The van der Waals surface area contributed by atoms with E-state index in [1.54, 1.807) is 19.2 Å². The van der Waals surface area contributed by atoms with Gasteiger partial charge in [0.15, 0.2) is 0 Å². The van der Waals surface area contributed by atoms with Crippen LogP contribution < -0.4 is 9.64 Å². The van der Waals surface area contributed by atoms with E-state index in [-0.39, 0.29) is 11.2 Å². The van der Waals surface area contributed by atoms with Gasteiger partial charge in [-0.15, -0.1) is 0 Å². The van der Waals surface area contributed by atoms with Gasteiger partial charge in [0.25, 0.3) is 0 Å². The highest BCUT2D eigenvalue weighted by Crippen LogP contribution is 2.34. The minimum atomic E-state index is -1.28. The van der Waals surface area contributed by atoms with Crippen LogP contribution in [0, 0.1) is 11.3 Å². The molecule has 0 saturated heterocycles. The number of methoxy groups -OCH3 is 1. The summed E-state index contributed by atoms with van der Waals surface area (Å²) in [7, 11) is 1.71. The number of carbonyl (C=O) groups excluding carboxylic acids is 1. The highest BCUT2D eigenvalue weighted by atomic mass is 16.5. The van der Waals surface area contributed by atoms with Gasteiger partial charge < -0.3 is 24.3 Å². The zero-order valence-electron chi connectivity index (χ0n) is 29.5. The minimum absolute atomic E-state index is 0.0417. The van der Waals surface area contributed by atoms with Gasteiger partial charge in [-0.1, -0.05) is 92.1 Å². The number of hydrogen-bond donors (Lipinski definition) is 1. The van der Waals surface area contributed by atoms with E-state index in [1.807, 2.05) is 81.5 Å². The van der Waals surface area contributed by atoms with E-state index >= 15 is 0 Å². The molecule has 50 heavy (non-hydrogen) atoms. The van der Waals surface area contributed by atoms with Crippen molar-refractivity contribution in [1.29, 1.82) is 5.26 Å². The number of unbranched alkanes of at least 4 members (excludes halogenated alkanes) is 5. The third kappa shape index (κ3) is 13.6. The summed E-state index contributed by atoms with van der Waals surface area (Å²) in [5.74, 6) is -0.752. The second kappa shape index (κ2) is 20.8. The van der Waals surface area contributed by atoms with Crippen molar-refractivity contribution < 1.29 is 24.2 Å². The molecule has 0 fully saturated rings. The van der Waals surface area contributed by atoms with E-state index < -0.39 is 5.97 Å². The zero-order valence-corrected chi connectivity index (χ0v) is 29.5. The molecule has 0 heterocycles. The summed E-state index contributed by atoms with van der Waals surface area (Å²) in [6.07, 6.45) is 11.6. The number of rotatable bonds is 16. The second-order valence-corrected chi connectivity index (χ2v) is 12.6. The van der Waals surface area contributed by atoms with Gasteiger partial charge in [0, 0.05) is 36.2 Å². The summed E-state index contributed by atoms with van der Waals surface area (Å²) in [5, 5.41) is 18.6. The van der Waals surface area contributed by atoms with Crippen LogP contribution >= 0.6 is 0 Å². The van der Waals surface area contributed by atoms with Gasteiger partial charge in [0.05, 0.1) is 12.2 Å². The summed E-state index contributed by atoms with van der Waals surface area (Å²) in [6, 6.07) is 36.1. The molecule has 4 rings (SSSR count). The molecular formula is C43H48N2O5. The molecule has 0 aliphatic carbocycles. The van der Waals surface area contributed by atoms with Crippen LogP contribution in [0.5, 0.6) is 5.75 Å². The topological polar surface area (TPSA) is 99.9 Å². The second-order valence-electron chi connectivity index (χ2n) is 12.6. The number of carboxylic acids is 1. The average Bonchev–Trinajstić information content (AvgIpc) is 3.12. The Hall–Kier alpha value is -5.45. The Kier molecular flexibility index (Phi) is 16.2. The molecule has 7 nitrogen and oxygen atoms in total. The van der Waals surface area contributed by atoms with E-state index in [1.165, 1.54) is 6.08 Å². The summed E-state index contributed by atoms with van der Waals surface area (Å²) in [5.41, 5.74) is 5.33. The minimum Gasteiger partial charge on any atom is -0.493 e. The van der Waals surface area contributed by atoms with Crippen molar-refractivity contribution in [3.8, 4) is 11.8 Å². The Morgan fingerprint density at radius 3 is 1.84 bits per heavy atom. The predicted molar refractivity (Wildman–Crippen MR) is 204 cm³/mol. The number of nitrogens with zero attached hydrogens (tertiary/aromatic N) is 2. The van der Waals surface area contributed by atoms with Gasteiger partial charge in [0.2, 0.25) is 0 Å². The largest absolute Gasteiger partial charge is 0.493 e. The third-order valence-corrected chi connectivity index (χ3v) is 7.67. The molecule has 0 bridgehead atoms. The number of nitriles is 1. The first kappa shape index (κ1) is 39.0. The first-order valence-corrected chi connectivity index (χ1v) is 16.9. The zero-order chi connectivity index (χ0) is 36.2. The number of ether oxygens (including phenoxy) is 2. The van der Waals surface area contributed by atoms with Crippen molar-refractivity contribution in [2.45, 2.75) is 64.9 Å². The van der Waals surface area contributed by atoms with E-state index in [0.29, 0.717) is 24.3 Å². The summed E-state index contributed by atoms with van der Waals surface area (Å²) in [6.45, 7) is 6.53. The number of benzene rings is 4. The van der Waals surface area contributed by atoms with E-state index in [4.69, 9.17) is 9.47 Å². The van der Waals surface area contributed by atoms with Gasteiger partial charge >= 0.3 is 5.97 Å². The van der Waals surface area contributed by atoms with Crippen LogP contribution in [0.3, 0.4) is 0 Å². The van der Waals surface area contributed by atoms with Gasteiger partial charge in [-0.05, 0) is 93.3 Å².